The number of primary amides is 1. The molecule has 8 nitrogen and oxygen atoms in total. The third-order valence-corrected chi connectivity index (χ3v) is 5.44. The Labute approximate surface area is 197 Å². The second kappa shape index (κ2) is 9.74. The molecule has 0 saturated carbocycles. The molecule has 0 aliphatic carbocycles. The zero-order chi connectivity index (χ0) is 24.2. The fourth-order valence-corrected chi connectivity index (χ4v) is 3.91. The number of benzene rings is 2. The highest BCUT2D eigenvalue weighted by atomic mass is 16.5. The number of aryl methyl sites for hydroxylation is 1. The van der Waals surface area contributed by atoms with Gasteiger partial charge < -0.3 is 10.5 Å². The van der Waals surface area contributed by atoms with E-state index in [1.807, 2.05) is 43.6 Å². The predicted molar refractivity (Wildman–Crippen MR) is 130 cm³/mol. The van der Waals surface area contributed by atoms with Crippen molar-refractivity contribution in [3.8, 4) is 22.6 Å². The molecule has 4 rings (SSSR count). The molecular formula is C26H27N5O3. The van der Waals surface area contributed by atoms with E-state index in [4.69, 9.17) is 10.5 Å². The number of nitrogens with two attached hydrogens (primary N) is 1. The molecule has 34 heavy (non-hydrogen) atoms. The smallest absolute Gasteiger partial charge is 0.409 e. The van der Waals surface area contributed by atoms with Crippen molar-refractivity contribution in [1.29, 1.82) is 0 Å². The molecule has 2 aromatic heterocycles. The predicted octanol–water partition coefficient (Wildman–Crippen LogP) is 3.88. The Bertz CT molecular complexity index is 1390. The van der Waals surface area contributed by atoms with Crippen molar-refractivity contribution >= 4 is 6.09 Å². The lowest BCUT2D eigenvalue weighted by Gasteiger charge is -2.16. The molecule has 2 aromatic carbocycles. The van der Waals surface area contributed by atoms with Gasteiger partial charge in [-0.15, -0.1) is 0 Å². The maximum absolute atomic E-state index is 12.7. The molecule has 174 valence electrons. The molecule has 1 amide bonds. The summed E-state index contributed by atoms with van der Waals surface area (Å²) in [5.74, 6) is 0.728. The van der Waals surface area contributed by atoms with Crippen LogP contribution in [0.2, 0.25) is 0 Å². The van der Waals surface area contributed by atoms with Gasteiger partial charge in [0, 0.05) is 37.5 Å². The van der Waals surface area contributed by atoms with Crippen LogP contribution in [0.25, 0.3) is 16.8 Å². The lowest BCUT2D eigenvalue weighted by molar-refractivity contribution is 0.210. The largest absolute Gasteiger partial charge is 0.410 e. The number of carbonyl (C=O) groups is 1. The number of nitrogens with zero attached hydrogens (tertiary/aromatic N) is 4. The lowest BCUT2D eigenvalue weighted by Crippen LogP contribution is -2.19. The van der Waals surface area contributed by atoms with Crippen LogP contribution in [0, 0.1) is 5.92 Å². The van der Waals surface area contributed by atoms with Gasteiger partial charge in [0.2, 0.25) is 5.43 Å². The molecule has 2 N–H and O–H groups in total. The summed E-state index contributed by atoms with van der Waals surface area (Å²) in [4.78, 5) is 24.1. The van der Waals surface area contributed by atoms with E-state index in [1.54, 1.807) is 33.9 Å². The van der Waals surface area contributed by atoms with E-state index in [0.29, 0.717) is 30.2 Å². The van der Waals surface area contributed by atoms with Gasteiger partial charge in [-0.2, -0.15) is 10.2 Å². The number of amides is 1. The first-order chi connectivity index (χ1) is 16.3. The molecule has 0 spiro atoms. The van der Waals surface area contributed by atoms with Crippen LogP contribution in [-0.2, 0) is 19.9 Å². The van der Waals surface area contributed by atoms with Gasteiger partial charge >= 0.3 is 6.09 Å². The van der Waals surface area contributed by atoms with Gasteiger partial charge in [0.1, 0.15) is 11.4 Å². The van der Waals surface area contributed by atoms with Crippen LogP contribution >= 0.6 is 0 Å². The highest BCUT2D eigenvalue weighted by molar-refractivity contribution is 5.69. The van der Waals surface area contributed by atoms with E-state index in [2.05, 4.69) is 24.0 Å². The van der Waals surface area contributed by atoms with Crippen LogP contribution in [-0.4, -0.2) is 25.7 Å². The van der Waals surface area contributed by atoms with Crippen molar-refractivity contribution in [2.24, 2.45) is 18.7 Å². The Morgan fingerprint density at radius 1 is 1.12 bits per heavy atom. The summed E-state index contributed by atoms with van der Waals surface area (Å²) in [6, 6.07) is 14.8. The molecule has 0 unspecified atom stereocenters. The van der Waals surface area contributed by atoms with Gasteiger partial charge in [-0.3, -0.25) is 9.48 Å². The average Bonchev–Trinajstić information content (AvgIpc) is 3.23. The second-order valence-corrected chi connectivity index (χ2v) is 8.61. The molecule has 0 bridgehead atoms. The molecule has 0 aliphatic rings. The Hall–Kier alpha value is -4.20. The molecular weight excluding hydrogens is 430 g/mol. The maximum Gasteiger partial charge on any atom is 0.409 e. The van der Waals surface area contributed by atoms with Crippen molar-refractivity contribution in [2.75, 3.05) is 0 Å². The number of ether oxygens (including phenoxy) is 1. The van der Waals surface area contributed by atoms with Gasteiger partial charge in [0.15, 0.2) is 0 Å². The first-order valence-corrected chi connectivity index (χ1v) is 11.1. The van der Waals surface area contributed by atoms with Crippen molar-refractivity contribution in [3.05, 3.63) is 94.2 Å². The summed E-state index contributed by atoms with van der Waals surface area (Å²) < 4.78 is 8.68. The molecule has 0 radical (unpaired) electrons. The minimum absolute atomic E-state index is 0.156. The fraction of sp³-hybridized carbons (Fsp3) is 0.231. The number of rotatable bonds is 7. The Morgan fingerprint density at radius 3 is 2.62 bits per heavy atom. The SMILES string of the molecule is CC(C)Cc1c(Cc2nn(-c3cccc(-c4cnn(C)c4)c3)ccc2=O)cccc1OC(N)=O. The highest BCUT2D eigenvalue weighted by Crippen LogP contribution is 2.27. The highest BCUT2D eigenvalue weighted by Gasteiger charge is 2.16. The monoisotopic (exact) mass is 457 g/mol. The van der Waals surface area contributed by atoms with Crippen LogP contribution < -0.4 is 15.9 Å². The molecule has 0 saturated heterocycles. The van der Waals surface area contributed by atoms with Crippen molar-refractivity contribution in [2.45, 2.75) is 26.7 Å². The van der Waals surface area contributed by atoms with Gasteiger partial charge in [-0.25, -0.2) is 9.48 Å². The van der Waals surface area contributed by atoms with E-state index < -0.39 is 6.09 Å². The van der Waals surface area contributed by atoms with Gasteiger partial charge in [-0.1, -0.05) is 38.1 Å². The number of hydrogen-bond acceptors (Lipinski definition) is 5. The summed E-state index contributed by atoms with van der Waals surface area (Å²) in [6.07, 6.45) is 5.53. The van der Waals surface area contributed by atoms with E-state index in [0.717, 1.165) is 27.9 Å². The molecule has 0 fully saturated rings. The summed E-state index contributed by atoms with van der Waals surface area (Å²) in [5.41, 5.74) is 10.1. The van der Waals surface area contributed by atoms with E-state index >= 15 is 0 Å². The number of hydrogen-bond donors (Lipinski definition) is 1. The zero-order valence-corrected chi connectivity index (χ0v) is 19.4. The van der Waals surface area contributed by atoms with Crippen molar-refractivity contribution in [3.63, 3.8) is 0 Å². The molecule has 0 aliphatic heterocycles. The average molecular weight is 458 g/mol. The van der Waals surface area contributed by atoms with Crippen LogP contribution in [0.3, 0.4) is 0 Å². The Balaban J connectivity index is 1.71. The second-order valence-electron chi connectivity index (χ2n) is 8.61. The van der Waals surface area contributed by atoms with E-state index in [-0.39, 0.29) is 5.43 Å². The molecule has 2 heterocycles. The fourth-order valence-electron chi connectivity index (χ4n) is 3.91. The Kier molecular flexibility index (Phi) is 6.58. The van der Waals surface area contributed by atoms with Gasteiger partial charge in [0.25, 0.3) is 0 Å². The topological polar surface area (TPSA) is 105 Å². The minimum Gasteiger partial charge on any atom is -0.410 e. The summed E-state index contributed by atoms with van der Waals surface area (Å²) in [7, 11) is 1.87. The zero-order valence-electron chi connectivity index (χ0n) is 19.4. The molecule has 4 aromatic rings. The lowest BCUT2D eigenvalue weighted by atomic mass is 9.94. The number of aromatic nitrogens is 4. The first kappa shape index (κ1) is 23.0. The van der Waals surface area contributed by atoms with Gasteiger partial charge in [0.05, 0.1) is 11.9 Å². The van der Waals surface area contributed by atoms with Gasteiger partial charge in [-0.05, 0) is 47.2 Å². The third-order valence-electron chi connectivity index (χ3n) is 5.44. The number of carbonyl (C=O) groups excluding carboxylic acids is 1. The van der Waals surface area contributed by atoms with Crippen molar-refractivity contribution < 1.29 is 9.53 Å². The molecule has 0 atom stereocenters. The van der Waals surface area contributed by atoms with E-state index in [1.165, 1.54) is 6.07 Å². The third kappa shape index (κ3) is 5.23. The first-order valence-electron chi connectivity index (χ1n) is 11.1. The molecule has 8 heteroatoms. The van der Waals surface area contributed by atoms with Crippen molar-refractivity contribution in [1.82, 2.24) is 19.6 Å². The van der Waals surface area contributed by atoms with Crippen LogP contribution in [0.5, 0.6) is 5.75 Å². The standard InChI is InChI=1S/C26H27N5O3/c1-17(2)12-22-19(7-5-9-25(22)34-26(27)33)14-23-24(32)10-11-31(29-23)21-8-4-6-18(13-21)20-15-28-30(3)16-20/h4-11,13,15-17H,12,14H2,1-3H3,(H2,27,33). The summed E-state index contributed by atoms with van der Waals surface area (Å²) >= 11 is 0. The van der Waals surface area contributed by atoms with E-state index in [9.17, 15) is 9.59 Å². The quantitative estimate of drug-likeness (QED) is 0.453. The summed E-state index contributed by atoms with van der Waals surface area (Å²) in [5, 5.41) is 8.87. The summed E-state index contributed by atoms with van der Waals surface area (Å²) in [6.45, 7) is 4.15. The van der Waals surface area contributed by atoms with Crippen LogP contribution in [0.15, 0.2) is 71.9 Å². The van der Waals surface area contributed by atoms with Crippen LogP contribution in [0.4, 0.5) is 4.79 Å². The van der Waals surface area contributed by atoms with Crippen LogP contribution in [0.1, 0.15) is 30.7 Å². The normalized spacial score (nSPS) is 11.1. The minimum atomic E-state index is -0.865. The Morgan fingerprint density at radius 2 is 1.91 bits per heavy atom. The maximum atomic E-state index is 12.7.